The monoisotopic (exact) mass is 283 g/mol. The summed E-state index contributed by atoms with van der Waals surface area (Å²) in [5, 5.41) is 6.92. The van der Waals surface area contributed by atoms with E-state index in [1.165, 1.54) is 12.8 Å². The summed E-state index contributed by atoms with van der Waals surface area (Å²) >= 11 is 3.43. The van der Waals surface area contributed by atoms with Crippen molar-refractivity contribution in [1.82, 2.24) is 10.3 Å². The molecule has 1 aromatic rings. The van der Waals surface area contributed by atoms with Gasteiger partial charge < -0.3 is 10.6 Å². The molecule has 0 radical (unpaired) electrons. The second-order valence-corrected chi connectivity index (χ2v) is 5.75. The van der Waals surface area contributed by atoms with Crippen LogP contribution in [0.2, 0.25) is 0 Å². The molecule has 1 aliphatic heterocycles. The van der Waals surface area contributed by atoms with Gasteiger partial charge in [-0.05, 0) is 46.8 Å². The molecule has 1 saturated heterocycles. The van der Waals surface area contributed by atoms with E-state index in [4.69, 9.17) is 0 Å². The summed E-state index contributed by atoms with van der Waals surface area (Å²) in [4.78, 5) is 4.15. The zero-order valence-electron chi connectivity index (χ0n) is 9.59. The molecule has 2 rings (SSSR count). The summed E-state index contributed by atoms with van der Waals surface area (Å²) in [7, 11) is 0. The van der Waals surface area contributed by atoms with Gasteiger partial charge in [0.05, 0.1) is 11.9 Å². The molecule has 1 aromatic heterocycles. The van der Waals surface area contributed by atoms with Crippen molar-refractivity contribution in [3.05, 3.63) is 22.9 Å². The third-order valence-corrected chi connectivity index (χ3v) is 3.54. The molecule has 3 nitrogen and oxygen atoms in total. The van der Waals surface area contributed by atoms with Crippen molar-refractivity contribution in [2.45, 2.75) is 19.8 Å². The number of piperidine rings is 1. The molecule has 1 atom stereocenters. The summed E-state index contributed by atoms with van der Waals surface area (Å²) < 4.78 is 1.02. The van der Waals surface area contributed by atoms with Crippen LogP contribution in [0.5, 0.6) is 0 Å². The van der Waals surface area contributed by atoms with Crippen LogP contribution in [-0.4, -0.2) is 24.6 Å². The van der Waals surface area contributed by atoms with Crippen LogP contribution in [0, 0.1) is 5.41 Å². The van der Waals surface area contributed by atoms with E-state index in [1.54, 1.807) is 6.20 Å². The van der Waals surface area contributed by atoms with Crippen molar-refractivity contribution >= 4 is 21.6 Å². The van der Waals surface area contributed by atoms with Gasteiger partial charge in [0.1, 0.15) is 0 Å². The average molecular weight is 284 g/mol. The molecule has 0 saturated carbocycles. The minimum absolute atomic E-state index is 0.362. The van der Waals surface area contributed by atoms with Crippen LogP contribution in [0.1, 0.15) is 19.8 Å². The lowest BCUT2D eigenvalue weighted by Gasteiger charge is -2.34. The third-order valence-electron chi connectivity index (χ3n) is 3.11. The Morgan fingerprint density at radius 1 is 1.56 bits per heavy atom. The van der Waals surface area contributed by atoms with Crippen molar-refractivity contribution in [1.29, 1.82) is 0 Å². The first kappa shape index (κ1) is 11.9. The second-order valence-electron chi connectivity index (χ2n) is 4.84. The SMILES string of the molecule is CC1(CNc2cncc(Br)c2)CCCNC1. The van der Waals surface area contributed by atoms with E-state index in [-0.39, 0.29) is 0 Å². The van der Waals surface area contributed by atoms with E-state index in [0.29, 0.717) is 5.41 Å². The number of nitrogens with one attached hydrogen (secondary N) is 2. The Morgan fingerprint density at radius 3 is 3.12 bits per heavy atom. The van der Waals surface area contributed by atoms with Crippen LogP contribution >= 0.6 is 15.9 Å². The van der Waals surface area contributed by atoms with Gasteiger partial charge in [-0.1, -0.05) is 6.92 Å². The van der Waals surface area contributed by atoms with Gasteiger partial charge >= 0.3 is 0 Å². The highest BCUT2D eigenvalue weighted by atomic mass is 79.9. The van der Waals surface area contributed by atoms with Crippen molar-refractivity contribution in [2.24, 2.45) is 5.41 Å². The Bertz CT molecular complexity index is 348. The van der Waals surface area contributed by atoms with Gasteiger partial charge in [0, 0.05) is 23.8 Å². The van der Waals surface area contributed by atoms with Gasteiger partial charge in [0.15, 0.2) is 0 Å². The summed E-state index contributed by atoms with van der Waals surface area (Å²) in [6.45, 7) is 5.59. The number of halogens is 1. The van der Waals surface area contributed by atoms with Crippen molar-refractivity contribution in [3.63, 3.8) is 0 Å². The molecule has 0 amide bonds. The number of rotatable bonds is 3. The number of hydrogen-bond donors (Lipinski definition) is 2. The summed E-state index contributed by atoms with van der Waals surface area (Å²) in [5.41, 5.74) is 1.45. The zero-order valence-corrected chi connectivity index (χ0v) is 11.2. The molecular formula is C12H18BrN3. The van der Waals surface area contributed by atoms with E-state index in [1.807, 2.05) is 6.20 Å². The van der Waals surface area contributed by atoms with Crippen LogP contribution in [0.15, 0.2) is 22.9 Å². The number of hydrogen-bond acceptors (Lipinski definition) is 3. The minimum Gasteiger partial charge on any atom is -0.383 e. The first-order chi connectivity index (χ1) is 7.68. The molecule has 1 aliphatic rings. The van der Waals surface area contributed by atoms with Crippen LogP contribution < -0.4 is 10.6 Å². The maximum absolute atomic E-state index is 4.15. The quantitative estimate of drug-likeness (QED) is 0.896. The Labute approximate surface area is 105 Å². The van der Waals surface area contributed by atoms with Crippen LogP contribution in [0.4, 0.5) is 5.69 Å². The Balaban J connectivity index is 1.91. The third kappa shape index (κ3) is 3.19. The normalized spacial score (nSPS) is 25.4. The molecule has 0 bridgehead atoms. The van der Waals surface area contributed by atoms with Gasteiger partial charge in [-0.15, -0.1) is 0 Å². The molecule has 16 heavy (non-hydrogen) atoms. The van der Waals surface area contributed by atoms with Gasteiger partial charge in [-0.25, -0.2) is 0 Å². The highest BCUT2D eigenvalue weighted by molar-refractivity contribution is 9.10. The molecule has 0 aliphatic carbocycles. The molecule has 1 fully saturated rings. The van der Waals surface area contributed by atoms with E-state index >= 15 is 0 Å². The maximum atomic E-state index is 4.15. The van der Waals surface area contributed by atoms with Crippen molar-refractivity contribution < 1.29 is 0 Å². The number of nitrogens with zero attached hydrogens (tertiary/aromatic N) is 1. The summed E-state index contributed by atoms with van der Waals surface area (Å²) in [5.74, 6) is 0. The number of pyridine rings is 1. The number of anilines is 1. The highest BCUT2D eigenvalue weighted by Gasteiger charge is 2.26. The smallest absolute Gasteiger partial charge is 0.0538 e. The van der Waals surface area contributed by atoms with Crippen molar-refractivity contribution in [3.8, 4) is 0 Å². The highest BCUT2D eigenvalue weighted by Crippen LogP contribution is 2.26. The molecule has 1 unspecified atom stereocenters. The Morgan fingerprint density at radius 2 is 2.44 bits per heavy atom. The first-order valence-electron chi connectivity index (χ1n) is 5.73. The predicted molar refractivity (Wildman–Crippen MR) is 70.6 cm³/mol. The standard InChI is InChI=1S/C12H18BrN3/c1-12(3-2-4-14-8-12)9-16-11-5-10(13)6-15-7-11/h5-7,14,16H,2-4,8-9H2,1H3. The fraction of sp³-hybridized carbons (Fsp3) is 0.583. The number of aromatic nitrogens is 1. The lowest BCUT2D eigenvalue weighted by Crippen LogP contribution is -2.42. The van der Waals surface area contributed by atoms with Gasteiger partial charge in [0.25, 0.3) is 0 Å². The molecule has 2 heterocycles. The summed E-state index contributed by atoms with van der Waals surface area (Å²) in [6, 6.07) is 2.06. The molecule has 88 valence electrons. The molecule has 0 aromatic carbocycles. The van der Waals surface area contributed by atoms with Gasteiger partial charge in [0.2, 0.25) is 0 Å². The van der Waals surface area contributed by atoms with E-state index < -0.39 is 0 Å². The average Bonchev–Trinajstić information content (AvgIpc) is 2.28. The second kappa shape index (κ2) is 5.15. The Kier molecular flexibility index (Phi) is 3.82. The largest absolute Gasteiger partial charge is 0.383 e. The lowest BCUT2D eigenvalue weighted by molar-refractivity contribution is 0.253. The van der Waals surface area contributed by atoms with E-state index in [2.05, 4.69) is 44.5 Å². The topological polar surface area (TPSA) is 37.0 Å². The van der Waals surface area contributed by atoms with Crippen LogP contribution in [0.25, 0.3) is 0 Å². The fourth-order valence-corrected chi connectivity index (χ4v) is 2.46. The minimum atomic E-state index is 0.362. The molecule has 4 heteroatoms. The zero-order chi connectivity index (χ0) is 11.4. The lowest BCUT2D eigenvalue weighted by atomic mass is 9.83. The maximum Gasteiger partial charge on any atom is 0.0538 e. The van der Waals surface area contributed by atoms with Crippen molar-refractivity contribution in [2.75, 3.05) is 25.0 Å². The Hall–Kier alpha value is -0.610. The molecular weight excluding hydrogens is 266 g/mol. The van der Waals surface area contributed by atoms with Crippen LogP contribution in [0.3, 0.4) is 0 Å². The molecule has 2 N–H and O–H groups in total. The van der Waals surface area contributed by atoms with Crippen LogP contribution in [-0.2, 0) is 0 Å². The van der Waals surface area contributed by atoms with E-state index in [0.717, 1.165) is 29.8 Å². The van der Waals surface area contributed by atoms with E-state index in [9.17, 15) is 0 Å². The predicted octanol–water partition coefficient (Wildman–Crippen LogP) is 2.65. The molecule has 0 spiro atoms. The van der Waals surface area contributed by atoms with Gasteiger partial charge in [-0.2, -0.15) is 0 Å². The first-order valence-corrected chi connectivity index (χ1v) is 6.52. The fourth-order valence-electron chi connectivity index (χ4n) is 2.09. The van der Waals surface area contributed by atoms with Gasteiger partial charge in [-0.3, -0.25) is 4.98 Å². The summed E-state index contributed by atoms with van der Waals surface area (Å²) in [6.07, 6.45) is 6.22.